The van der Waals surface area contributed by atoms with Gasteiger partial charge in [-0.25, -0.2) is 0 Å². The molecule has 1 aliphatic carbocycles. The molecule has 1 aromatic heterocycles. The Balaban J connectivity index is 0.998. The molecule has 0 bridgehead atoms. The largest absolute Gasteiger partial charge is 0.416 e. The van der Waals surface area contributed by atoms with Gasteiger partial charge in [0.15, 0.2) is 6.10 Å². The number of halogens is 6. The first-order valence-electron chi connectivity index (χ1n) is 15.9. The van der Waals surface area contributed by atoms with Gasteiger partial charge in [0.05, 0.1) is 42.8 Å². The minimum absolute atomic E-state index is 0.0277. The van der Waals surface area contributed by atoms with Crippen LogP contribution in [0, 0.1) is 0 Å². The molecule has 4 fully saturated rings. The second-order valence-electron chi connectivity index (χ2n) is 12.8. The van der Waals surface area contributed by atoms with Crippen molar-refractivity contribution in [1.29, 1.82) is 0 Å². The Kier molecular flexibility index (Phi) is 9.17. The van der Waals surface area contributed by atoms with Crippen molar-refractivity contribution in [3.05, 3.63) is 59.4 Å². The molecule has 0 spiro atoms. The van der Waals surface area contributed by atoms with E-state index in [9.17, 15) is 41.0 Å². The van der Waals surface area contributed by atoms with Gasteiger partial charge in [0.25, 0.3) is 5.91 Å². The minimum Gasteiger partial charge on any atom is -0.384 e. The van der Waals surface area contributed by atoms with Crippen LogP contribution in [0.25, 0.3) is 0 Å². The zero-order valence-corrected chi connectivity index (χ0v) is 25.6. The molecule has 6 rings (SSSR count). The maximum atomic E-state index is 13.1. The van der Waals surface area contributed by atoms with Crippen molar-refractivity contribution in [3.8, 4) is 0 Å². The number of aliphatic hydroxyl groups is 1. The van der Waals surface area contributed by atoms with Crippen LogP contribution in [0.5, 0.6) is 0 Å². The second kappa shape index (κ2) is 12.9. The van der Waals surface area contributed by atoms with E-state index in [1.807, 2.05) is 0 Å². The van der Waals surface area contributed by atoms with E-state index in [-0.39, 0.29) is 49.3 Å². The Labute approximate surface area is 267 Å². The zero-order chi connectivity index (χ0) is 33.6. The predicted molar refractivity (Wildman–Crippen MR) is 157 cm³/mol. The average molecular weight is 670 g/mol. The third kappa shape index (κ3) is 7.07. The summed E-state index contributed by atoms with van der Waals surface area (Å²) in [4.78, 5) is 35.8. The van der Waals surface area contributed by atoms with Crippen LogP contribution in [0.3, 0.4) is 0 Å². The fourth-order valence-corrected chi connectivity index (χ4v) is 7.58. The Hall–Kier alpha value is -3.43. The molecular formula is C32H37F6N5O4. The first-order valence-corrected chi connectivity index (χ1v) is 15.9. The summed E-state index contributed by atoms with van der Waals surface area (Å²) in [6.07, 6.45) is -5.50. The maximum absolute atomic E-state index is 13.1. The molecule has 2 N–H and O–H groups in total. The number of amides is 2. The van der Waals surface area contributed by atoms with Crippen LogP contribution in [0.15, 0.2) is 42.6 Å². The highest BCUT2D eigenvalue weighted by Gasteiger charge is 2.48. The number of likely N-dealkylation sites (tertiary alicyclic amines) is 2. The molecule has 0 unspecified atom stereocenters. The Morgan fingerprint density at radius 1 is 0.979 bits per heavy atom. The highest BCUT2D eigenvalue weighted by Crippen LogP contribution is 2.42. The van der Waals surface area contributed by atoms with Gasteiger partial charge in [0.1, 0.15) is 5.60 Å². The lowest BCUT2D eigenvalue weighted by Crippen LogP contribution is -2.49. The number of aromatic nitrogens is 1. The summed E-state index contributed by atoms with van der Waals surface area (Å²) in [7, 11) is 0. The molecule has 1 aromatic carbocycles. The number of carbonyl (C=O) groups is 2. The van der Waals surface area contributed by atoms with E-state index < -0.39 is 35.5 Å². The Morgan fingerprint density at radius 2 is 1.72 bits per heavy atom. The normalized spacial score (nSPS) is 28.7. The number of nitrogens with one attached hydrogen (secondary N) is 1. The fourth-order valence-electron chi connectivity index (χ4n) is 7.58. The summed E-state index contributed by atoms with van der Waals surface area (Å²) >= 11 is 0. The first-order chi connectivity index (χ1) is 22.2. The number of benzene rings is 1. The molecule has 4 heterocycles. The average Bonchev–Trinajstić information content (AvgIpc) is 3.66. The van der Waals surface area contributed by atoms with E-state index in [1.165, 1.54) is 12.3 Å². The van der Waals surface area contributed by atoms with Crippen LogP contribution in [0.1, 0.15) is 60.1 Å². The number of alkyl halides is 6. The van der Waals surface area contributed by atoms with Gasteiger partial charge < -0.3 is 25.0 Å². The van der Waals surface area contributed by atoms with Gasteiger partial charge in [0, 0.05) is 43.3 Å². The Morgan fingerprint density at radius 3 is 2.40 bits per heavy atom. The molecule has 4 aliphatic rings. The van der Waals surface area contributed by atoms with Crippen molar-refractivity contribution >= 4 is 17.5 Å². The number of hydrogen-bond donors (Lipinski definition) is 2. The quantitative estimate of drug-likeness (QED) is 0.448. The summed E-state index contributed by atoms with van der Waals surface area (Å²) in [6, 6.07) is 7.76. The van der Waals surface area contributed by atoms with Gasteiger partial charge in [-0.05, 0) is 68.9 Å². The molecule has 3 saturated heterocycles. The van der Waals surface area contributed by atoms with Crippen LogP contribution in [0.2, 0.25) is 0 Å². The summed E-state index contributed by atoms with van der Waals surface area (Å²) in [5.74, 6) is -1.03. The van der Waals surface area contributed by atoms with Gasteiger partial charge >= 0.3 is 12.4 Å². The van der Waals surface area contributed by atoms with Crippen molar-refractivity contribution in [3.63, 3.8) is 0 Å². The van der Waals surface area contributed by atoms with Crippen molar-refractivity contribution < 1.29 is 45.8 Å². The van der Waals surface area contributed by atoms with E-state index in [0.29, 0.717) is 50.2 Å². The number of nitrogens with zero attached hydrogens (tertiary/aromatic N) is 4. The number of morpholine rings is 1. The second-order valence-corrected chi connectivity index (χ2v) is 12.8. The monoisotopic (exact) mass is 669 g/mol. The molecule has 256 valence electrons. The minimum atomic E-state index is -4.58. The number of anilines is 1. The van der Waals surface area contributed by atoms with E-state index in [4.69, 9.17) is 4.74 Å². The molecule has 3 aliphatic heterocycles. The maximum Gasteiger partial charge on any atom is 0.416 e. The van der Waals surface area contributed by atoms with Gasteiger partial charge in [0.2, 0.25) is 5.91 Å². The van der Waals surface area contributed by atoms with Gasteiger partial charge in [-0.2, -0.15) is 26.3 Å². The van der Waals surface area contributed by atoms with E-state index in [1.54, 1.807) is 21.9 Å². The topological polar surface area (TPSA) is 98.2 Å². The number of carbonyl (C=O) groups excluding carboxylic acids is 2. The molecule has 15 heteroatoms. The van der Waals surface area contributed by atoms with Crippen LogP contribution in [-0.4, -0.2) is 101 Å². The molecule has 1 saturated carbocycles. The first kappa shape index (κ1) is 33.5. The Bertz CT molecular complexity index is 1450. The van der Waals surface area contributed by atoms with Crippen LogP contribution in [0.4, 0.5) is 32.0 Å². The van der Waals surface area contributed by atoms with Crippen LogP contribution >= 0.6 is 0 Å². The number of ether oxygens (including phenoxy) is 1. The summed E-state index contributed by atoms with van der Waals surface area (Å²) in [5.41, 5.74) is -1.22. The van der Waals surface area contributed by atoms with Gasteiger partial charge in [-0.15, -0.1) is 0 Å². The molecule has 3 atom stereocenters. The van der Waals surface area contributed by atoms with E-state index >= 15 is 0 Å². The van der Waals surface area contributed by atoms with Crippen molar-refractivity contribution in [2.45, 2.75) is 80.7 Å². The van der Waals surface area contributed by atoms with Crippen LogP contribution < -0.4 is 10.2 Å². The fraction of sp³-hybridized carbons (Fsp3) is 0.594. The standard InChI is InChI=1S/C32H37F6N5O4/c33-31(34,35)21-3-1-2-20(16-21)29(45)40-18-28(44)43-13-9-24-25(43)8-12-42(24)22-6-10-30(46,11-7-22)26-5-4-23(17-39-26)41-14-15-47-27(19-41)32(36,37)38/h1-5,16-17,22,24-25,27,46H,6-15,18-19H2,(H,40,45)/t22?,24-,25-,27-,30?/m1/s1. The van der Waals surface area contributed by atoms with Gasteiger partial charge in [-0.1, -0.05) is 6.07 Å². The zero-order valence-electron chi connectivity index (χ0n) is 25.6. The molecule has 2 amide bonds. The number of rotatable bonds is 6. The van der Waals surface area contributed by atoms with E-state index in [0.717, 1.165) is 37.6 Å². The third-order valence-corrected chi connectivity index (χ3v) is 10.1. The lowest BCUT2D eigenvalue weighted by atomic mass is 9.79. The SMILES string of the molecule is O=C(NCC(=O)N1CC[C@@H]2[C@H]1CCN2C1CCC(O)(c2ccc(N3CCO[C@@H](C(F)(F)F)C3)cn2)CC1)c1cccc(C(F)(F)F)c1. The molecule has 9 nitrogen and oxygen atoms in total. The highest BCUT2D eigenvalue weighted by atomic mass is 19.4. The van der Waals surface area contributed by atoms with Gasteiger partial charge in [-0.3, -0.25) is 19.5 Å². The molecule has 0 radical (unpaired) electrons. The van der Waals surface area contributed by atoms with Crippen molar-refractivity contribution in [2.24, 2.45) is 0 Å². The van der Waals surface area contributed by atoms with Crippen molar-refractivity contribution in [2.75, 3.05) is 44.2 Å². The van der Waals surface area contributed by atoms with E-state index in [2.05, 4.69) is 15.2 Å². The predicted octanol–water partition coefficient (Wildman–Crippen LogP) is 4.10. The third-order valence-electron chi connectivity index (χ3n) is 10.1. The number of hydrogen-bond acceptors (Lipinski definition) is 7. The summed E-state index contributed by atoms with van der Waals surface area (Å²) in [5, 5.41) is 14.0. The summed E-state index contributed by atoms with van der Waals surface area (Å²) < 4.78 is 83.4. The number of fused-ring (bicyclic) bond motifs is 1. The molecule has 47 heavy (non-hydrogen) atoms. The number of pyridine rings is 1. The molecular weight excluding hydrogens is 632 g/mol. The highest BCUT2D eigenvalue weighted by molar-refractivity contribution is 5.96. The smallest absolute Gasteiger partial charge is 0.384 e. The molecule has 2 aromatic rings. The van der Waals surface area contributed by atoms with Crippen LogP contribution in [-0.2, 0) is 21.3 Å². The lowest BCUT2D eigenvalue weighted by molar-refractivity contribution is -0.221. The van der Waals surface area contributed by atoms with Crippen molar-refractivity contribution in [1.82, 2.24) is 20.1 Å². The lowest BCUT2D eigenvalue weighted by Gasteiger charge is -2.41. The summed E-state index contributed by atoms with van der Waals surface area (Å²) in [6.45, 7) is 0.950.